The van der Waals surface area contributed by atoms with Gasteiger partial charge in [0.1, 0.15) is 0 Å². The molecule has 0 rings (SSSR count). The van der Waals surface area contributed by atoms with Crippen molar-refractivity contribution in [2.24, 2.45) is 0 Å². The minimum Gasteiger partial charge on any atom is -0.741 e. The molecule has 0 aromatic heterocycles. The van der Waals surface area contributed by atoms with E-state index in [4.69, 9.17) is 25.9 Å². The van der Waals surface area contributed by atoms with Gasteiger partial charge in [-0.05, 0) is 12.8 Å². The smallest absolute Gasteiger partial charge is 0.485 e. The van der Waals surface area contributed by atoms with Crippen LogP contribution in [0.4, 0.5) is 26.3 Å². The molecule has 0 heterocycles. The number of nitrogens with zero attached hydrogens (tertiary/aromatic N) is 2. The lowest BCUT2D eigenvalue weighted by atomic mass is 10.3. The number of hydrogen-bond donors (Lipinski definition) is 0. The first-order valence-corrected chi connectivity index (χ1v) is 12.1. The molecular formula is C16H36F6N2O6S2. The molecule has 0 N–H and O–H groups in total. The lowest BCUT2D eigenvalue weighted by Gasteiger charge is -2.23. The first-order chi connectivity index (χ1) is 13.6. The SMILES string of the molecule is CCCC[N+](C)(C)C.CCCC[N+](C)(C)C.O=S(=O)([O-])C(F)(F)F.O=S(=O)([O-])C(F)(F)F. The van der Waals surface area contributed by atoms with E-state index < -0.39 is 31.3 Å². The number of alkyl halides is 6. The highest BCUT2D eigenvalue weighted by Gasteiger charge is 2.37. The van der Waals surface area contributed by atoms with E-state index in [9.17, 15) is 26.3 Å². The standard InChI is InChI=1S/2C7H18N.2CHF3O3S/c2*1-5-6-7-8(2,3)4;2*2-1(3,4)8(5,6)7/h2*5-7H2,1-4H3;2*(H,5,6,7)/q2*+1;;/p-2. The molecule has 0 aliphatic rings. The molecule has 0 saturated carbocycles. The van der Waals surface area contributed by atoms with E-state index in [0.717, 1.165) is 8.97 Å². The predicted octanol–water partition coefficient (Wildman–Crippen LogP) is 3.09. The van der Waals surface area contributed by atoms with Crippen LogP contribution in [0.3, 0.4) is 0 Å². The van der Waals surface area contributed by atoms with Crippen molar-refractivity contribution in [1.82, 2.24) is 0 Å². The summed E-state index contributed by atoms with van der Waals surface area (Å²) >= 11 is 0. The minimum absolute atomic E-state index is 1.10. The fraction of sp³-hybridized carbons (Fsp3) is 1.00. The number of quaternary nitrogens is 2. The second-order valence-electron chi connectivity index (χ2n) is 8.53. The van der Waals surface area contributed by atoms with Crippen LogP contribution in [-0.4, -0.2) is 101 Å². The molecule has 0 aromatic rings. The van der Waals surface area contributed by atoms with Gasteiger partial charge < -0.3 is 18.1 Å². The van der Waals surface area contributed by atoms with E-state index >= 15 is 0 Å². The Kier molecular flexibility index (Phi) is 18.4. The molecule has 0 spiro atoms. The first-order valence-electron chi connectivity index (χ1n) is 9.27. The molecule has 0 atom stereocenters. The van der Waals surface area contributed by atoms with Gasteiger partial charge >= 0.3 is 11.0 Å². The van der Waals surface area contributed by atoms with Crippen LogP contribution >= 0.6 is 0 Å². The van der Waals surface area contributed by atoms with Gasteiger partial charge in [0.25, 0.3) is 0 Å². The van der Waals surface area contributed by atoms with Gasteiger partial charge in [-0.2, -0.15) is 26.3 Å². The lowest BCUT2D eigenvalue weighted by Crippen LogP contribution is -2.35. The average molecular weight is 531 g/mol. The second kappa shape index (κ2) is 15.3. The summed E-state index contributed by atoms with van der Waals surface area (Å²) < 4.78 is 120. The molecule has 0 amide bonds. The van der Waals surface area contributed by atoms with Crippen LogP contribution in [0.5, 0.6) is 0 Å². The predicted molar refractivity (Wildman–Crippen MR) is 107 cm³/mol. The quantitative estimate of drug-likeness (QED) is 0.226. The normalized spacial score (nSPS) is 13.0. The van der Waals surface area contributed by atoms with Crippen LogP contribution in [-0.2, 0) is 20.2 Å². The molecule has 0 fully saturated rings. The Morgan fingerprint density at radius 2 is 0.750 bits per heavy atom. The van der Waals surface area contributed by atoms with Crippen LogP contribution in [0.1, 0.15) is 39.5 Å². The summed E-state index contributed by atoms with van der Waals surface area (Å²) in [5.74, 6) is 0. The fourth-order valence-electron chi connectivity index (χ4n) is 1.26. The maximum absolute atomic E-state index is 10.7. The zero-order valence-electron chi connectivity index (χ0n) is 19.7. The third kappa shape index (κ3) is 31.5. The summed E-state index contributed by atoms with van der Waals surface area (Å²) in [5, 5.41) is 0. The van der Waals surface area contributed by atoms with Crippen molar-refractivity contribution >= 4 is 20.2 Å². The van der Waals surface area contributed by atoms with Crippen molar-refractivity contribution in [3.05, 3.63) is 0 Å². The second-order valence-corrected chi connectivity index (χ2v) is 11.3. The Bertz CT molecular complexity index is 620. The highest BCUT2D eigenvalue weighted by Crippen LogP contribution is 2.21. The van der Waals surface area contributed by atoms with Crippen LogP contribution < -0.4 is 0 Å². The molecule has 8 nitrogen and oxygen atoms in total. The van der Waals surface area contributed by atoms with Crippen molar-refractivity contribution in [3.63, 3.8) is 0 Å². The van der Waals surface area contributed by atoms with Gasteiger partial charge in [0.05, 0.1) is 55.4 Å². The molecule has 0 unspecified atom stereocenters. The molecule has 0 aliphatic heterocycles. The fourth-order valence-corrected chi connectivity index (χ4v) is 1.26. The van der Waals surface area contributed by atoms with E-state index in [0.29, 0.717) is 0 Å². The zero-order chi connectivity index (χ0) is 27.2. The van der Waals surface area contributed by atoms with Gasteiger partial charge in [0.15, 0.2) is 20.2 Å². The van der Waals surface area contributed by atoms with Gasteiger partial charge in [0, 0.05) is 0 Å². The summed E-state index contributed by atoms with van der Waals surface area (Å²) in [7, 11) is 1.21. The summed E-state index contributed by atoms with van der Waals surface area (Å²) in [6, 6.07) is 0. The van der Waals surface area contributed by atoms with Gasteiger partial charge in [0.2, 0.25) is 0 Å². The molecule has 0 aliphatic carbocycles. The van der Waals surface area contributed by atoms with Gasteiger partial charge in [-0.25, -0.2) is 16.8 Å². The van der Waals surface area contributed by atoms with E-state index in [1.54, 1.807) is 0 Å². The molecule has 0 radical (unpaired) electrons. The third-order valence-electron chi connectivity index (χ3n) is 2.93. The van der Waals surface area contributed by atoms with Gasteiger partial charge in [-0.3, -0.25) is 0 Å². The Hall–Kier alpha value is -0.680. The Labute approximate surface area is 187 Å². The number of hydrogen-bond acceptors (Lipinski definition) is 6. The summed E-state index contributed by atoms with van der Waals surface area (Å²) in [5.41, 5.74) is -11.3. The van der Waals surface area contributed by atoms with Crippen LogP contribution in [0.25, 0.3) is 0 Å². The van der Waals surface area contributed by atoms with Crippen LogP contribution in [0.15, 0.2) is 0 Å². The van der Waals surface area contributed by atoms with Crippen LogP contribution in [0, 0.1) is 0 Å². The van der Waals surface area contributed by atoms with Crippen molar-refractivity contribution in [3.8, 4) is 0 Å². The number of halogens is 6. The summed E-state index contributed by atoms with van der Waals surface area (Å²) in [6.45, 7) is 7.07. The highest BCUT2D eigenvalue weighted by molar-refractivity contribution is 7.86. The molecule has 0 aromatic carbocycles. The number of rotatable bonds is 6. The van der Waals surface area contributed by atoms with Crippen LogP contribution in [0.2, 0.25) is 0 Å². The molecular weight excluding hydrogens is 494 g/mol. The zero-order valence-corrected chi connectivity index (χ0v) is 21.3. The van der Waals surface area contributed by atoms with Crippen molar-refractivity contribution < 1.29 is 61.2 Å². The molecule has 16 heteroatoms. The van der Waals surface area contributed by atoms with E-state index in [2.05, 4.69) is 56.1 Å². The third-order valence-corrected chi connectivity index (χ3v) is 4.07. The molecule has 32 heavy (non-hydrogen) atoms. The van der Waals surface area contributed by atoms with Crippen molar-refractivity contribution in [2.45, 2.75) is 50.5 Å². The maximum Gasteiger partial charge on any atom is 0.485 e. The topological polar surface area (TPSA) is 114 Å². The van der Waals surface area contributed by atoms with E-state index in [-0.39, 0.29) is 0 Å². The lowest BCUT2D eigenvalue weighted by molar-refractivity contribution is -0.870. The minimum atomic E-state index is -6.09. The Morgan fingerprint density at radius 1 is 0.594 bits per heavy atom. The average Bonchev–Trinajstić information content (AvgIpc) is 2.47. The Morgan fingerprint density at radius 3 is 0.781 bits per heavy atom. The monoisotopic (exact) mass is 530 g/mol. The molecule has 0 saturated heterocycles. The molecule has 0 bridgehead atoms. The maximum atomic E-state index is 10.7. The van der Waals surface area contributed by atoms with E-state index in [1.807, 2.05) is 0 Å². The van der Waals surface area contributed by atoms with E-state index in [1.165, 1.54) is 38.8 Å². The largest absolute Gasteiger partial charge is 0.741 e. The van der Waals surface area contributed by atoms with Crippen molar-refractivity contribution in [2.75, 3.05) is 55.4 Å². The number of unbranched alkanes of at least 4 members (excludes halogenated alkanes) is 2. The summed E-state index contributed by atoms with van der Waals surface area (Å²) in [4.78, 5) is 0. The highest BCUT2D eigenvalue weighted by atomic mass is 32.2. The van der Waals surface area contributed by atoms with Gasteiger partial charge in [-0.1, -0.05) is 26.7 Å². The van der Waals surface area contributed by atoms with Crippen molar-refractivity contribution in [1.29, 1.82) is 0 Å². The molecule has 200 valence electrons. The Balaban J connectivity index is -0.000000163. The summed E-state index contributed by atoms with van der Waals surface area (Å²) in [6.07, 6.45) is 5.33. The van der Waals surface area contributed by atoms with Gasteiger partial charge in [-0.15, -0.1) is 0 Å². The first kappa shape index (κ1) is 38.6.